The molecule has 1 N–H and O–H groups in total. The zero-order chi connectivity index (χ0) is 21.2. The van der Waals surface area contributed by atoms with E-state index in [9.17, 15) is 22.0 Å². The molecule has 29 heavy (non-hydrogen) atoms. The monoisotopic (exact) mass is 438 g/mol. The van der Waals surface area contributed by atoms with Crippen molar-refractivity contribution in [2.45, 2.75) is 4.90 Å². The second-order valence-electron chi connectivity index (χ2n) is 5.87. The first-order valence-corrected chi connectivity index (χ1v) is 10.5. The molecule has 0 bridgehead atoms. The number of hydrogen-bond donors (Lipinski definition) is 1. The molecule has 0 atom stereocenters. The van der Waals surface area contributed by atoms with Crippen LogP contribution >= 0.6 is 11.3 Å². The molecule has 0 spiro atoms. The van der Waals surface area contributed by atoms with Crippen LogP contribution in [0.15, 0.2) is 58.8 Å². The van der Waals surface area contributed by atoms with Crippen molar-refractivity contribution in [3.63, 3.8) is 0 Å². The van der Waals surface area contributed by atoms with Gasteiger partial charge in [-0.1, -0.05) is 0 Å². The Balaban J connectivity index is 1.88. The fourth-order valence-corrected chi connectivity index (χ4v) is 5.00. The van der Waals surface area contributed by atoms with Crippen LogP contribution in [0.1, 0.15) is 9.67 Å². The molecular weight excluding hydrogens is 422 g/mol. The van der Waals surface area contributed by atoms with Crippen LogP contribution < -0.4 is 14.4 Å². The lowest BCUT2D eigenvalue weighted by atomic mass is 10.3. The number of carbonyl (C=O) groups excluding carboxylic acids is 1. The van der Waals surface area contributed by atoms with Crippen molar-refractivity contribution < 1.29 is 26.7 Å². The highest BCUT2D eigenvalue weighted by atomic mass is 32.2. The fraction of sp³-hybridized carbons (Fsp3) is 0.105. The van der Waals surface area contributed by atoms with Crippen molar-refractivity contribution in [2.75, 3.05) is 23.8 Å². The van der Waals surface area contributed by atoms with Crippen LogP contribution in [0.25, 0.3) is 0 Å². The second-order valence-corrected chi connectivity index (χ2v) is 8.72. The molecule has 0 saturated carbocycles. The van der Waals surface area contributed by atoms with Crippen LogP contribution in [0, 0.1) is 11.6 Å². The van der Waals surface area contributed by atoms with Crippen molar-refractivity contribution in [1.29, 1.82) is 0 Å². The third-order valence-electron chi connectivity index (χ3n) is 4.09. The van der Waals surface area contributed by atoms with Crippen LogP contribution in [0.5, 0.6) is 5.75 Å². The van der Waals surface area contributed by atoms with E-state index in [0.717, 1.165) is 27.8 Å². The van der Waals surface area contributed by atoms with Crippen LogP contribution in [-0.4, -0.2) is 28.5 Å². The summed E-state index contributed by atoms with van der Waals surface area (Å²) in [5.74, 6) is -2.35. The first-order chi connectivity index (χ1) is 13.7. The number of sulfonamides is 1. The molecule has 6 nitrogen and oxygen atoms in total. The fourth-order valence-electron chi connectivity index (χ4n) is 2.51. The van der Waals surface area contributed by atoms with Gasteiger partial charge in [0.25, 0.3) is 15.9 Å². The van der Waals surface area contributed by atoms with E-state index in [0.29, 0.717) is 11.4 Å². The minimum absolute atomic E-state index is 0.00848. The van der Waals surface area contributed by atoms with E-state index in [1.54, 1.807) is 24.3 Å². The summed E-state index contributed by atoms with van der Waals surface area (Å²) in [5.41, 5.74) is 0.387. The SMILES string of the molecule is COc1ccc(N(C)S(=O)(=O)c2ccsc2C(=O)Nc2ccc(F)c(F)c2)cc1. The molecule has 3 rings (SSSR count). The normalized spacial score (nSPS) is 11.2. The Kier molecular flexibility index (Phi) is 5.85. The van der Waals surface area contributed by atoms with Gasteiger partial charge in [-0.25, -0.2) is 17.2 Å². The van der Waals surface area contributed by atoms with Gasteiger partial charge in [0.15, 0.2) is 11.6 Å². The Bertz CT molecular complexity index is 1150. The molecule has 10 heteroatoms. The van der Waals surface area contributed by atoms with Gasteiger partial charge in [-0.15, -0.1) is 11.3 Å². The number of methoxy groups -OCH3 is 1. The standard InChI is InChI=1S/C19H16F2N2O4S2/c1-23(13-4-6-14(27-2)7-5-13)29(25,26)17-9-10-28-18(17)19(24)22-12-3-8-15(20)16(21)11-12/h3-11H,1-2H3,(H,22,24). The van der Waals surface area contributed by atoms with Gasteiger partial charge in [0.1, 0.15) is 15.5 Å². The van der Waals surface area contributed by atoms with E-state index in [-0.39, 0.29) is 15.5 Å². The molecule has 2 aromatic carbocycles. The molecule has 1 aromatic heterocycles. The van der Waals surface area contributed by atoms with Gasteiger partial charge >= 0.3 is 0 Å². The first-order valence-electron chi connectivity index (χ1n) is 8.21. The van der Waals surface area contributed by atoms with Crippen molar-refractivity contribution in [1.82, 2.24) is 0 Å². The molecule has 0 aliphatic heterocycles. The van der Waals surface area contributed by atoms with Gasteiger partial charge in [0.2, 0.25) is 0 Å². The number of carbonyl (C=O) groups is 1. The summed E-state index contributed by atoms with van der Waals surface area (Å²) in [6.45, 7) is 0. The number of nitrogens with zero attached hydrogens (tertiary/aromatic N) is 1. The predicted molar refractivity (Wildman–Crippen MR) is 107 cm³/mol. The van der Waals surface area contributed by atoms with Gasteiger partial charge in [-0.3, -0.25) is 9.10 Å². The lowest BCUT2D eigenvalue weighted by Crippen LogP contribution is -2.28. The Hall–Kier alpha value is -2.98. The molecule has 152 valence electrons. The number of rotatable bonds is 6. The summed E-state index contributed by atoms with van der Waals surface area (Å²) in [6, 6.07) is 10.6. The van der Waals surface area contributed by atoms with Crippen LogP contribution in [-0.2, 0) is 10.0 Å². The number of thiophene rings is 1. The number of halogens is 2. The summed E-state index contributed by atoms with van der Waals surface area (Å²) in [7, 11) is -1.18. The largest absolute Gasteiger partial charge is 0.497 e. The number of ether oxygens (including phenoxy) is 1. The topological polar surface area (TPSA) is 75.7 Å². The molecule has 0 saturated heterocycles. The molecule has 0 radical (unpaired) electrons. The summed E-state index contributed by atoms with van der Waals surface area (Å²) in [4.78, 5) is 12.3. The maximum Gasteiger partial charge on any atom is 0.267 e. The molecule has 1 heterocycles. The highest BCUT2D eigenvalue weighted by molar-refractivity contribution is 7.93. The molecule has 0 unspecified atom stereocenters. The lowest BCUT2D eigenvalue weighted by molar-refractivity contribution is 0.102. The maximum atomic E-state index is 13.4. The minimum Gasteiger partial charge on any atom is -0.497 e. The summed E-state index contributed by atoms with van der Waals surface area (Å²) >= 11 is 0.924. The van der Waals surface area contributed by atoms with Crippen LogP contribution in [0.3, 0.4) is 0 Å². The van der Waals surface area contributed by atoms with Crippen molar-refractivity contribution >= 4 is 38.6 Å². The van der Waals surface area contributed by atoms with Gasteiger partial charge in [0, 0.05) is 18.8 Å². The lowest BCUT2D eigenvalue weighted by Gasteiger charge is -2.20. The summed E-state index contributed by atoms with van der Waals surface area (Å²) in [6.07, 6.45) is 0. The highest BCUT2D eigenvalue weighted by Crippen LogP contribution is 2.29. The van der Waals surface area contributed by atoms with Gasteiger partial charge in [-0.05, 0) is 47.8 Å². The van der Waals surface area contributed by atoms with E-state index in [1.807, 2.05) is 0 Å². The smallest absolute Gasteiger partial charge is 0.267 e. The first kappa shape index (κ1) is 20.7. The Morgan fingerprint density at radius 3 is 2.38 bits per heavy atom. The van der Waals surface area contributed by atoms with E-state index < -0.39 is 27.6 Å². The minimum atomic E-state index is -4.04. The van der Waals surface area contributed by atoms with E-state index in [1.165, 1.54) is 31.7 Å². The van der Waals surface area contributed by atoms with E-state index in [2.05, 4.69) is 5.32 Å². The van der Waals surface area contributed by atoms with Gasteiger partial charge < -0.3 is 10.1 Å². The van der Waals surface area contributed by atoms with Crippen LogP contribution in [0.4, 0.5) is 20.2 Å². The Labute approximate surface area is 170 Å². The number of hydrogen-bond acceptors (Lipinski definition) is 5. The zero-order valence-electron chi connectivity index (χ0n) is 15.3. The third kappa shape index (κ3) is 4.22. The quantitative estimate of drug-likeness (QED) is 0.628. The van der Waals surface area contributed by atoms with E-state index in [4.69, 9.17) is 4.74 Å². The molecule has 0 fully saturated rings. The Morgan fingerprint density at radius 1 is 1.07 bits per heavy atom. The summed E-state index contributed by atoms with van der Waals surface area (Å²) < 4.78 is 58.6. The van der Waals surface area contributed by atoms with Crippen molar-refractivity contribution in [3.8, 4) is 5.75 Å². The third-order valence-corrected chi connectivity index (χ3v) is 6.96. The summed E-state index contributed by atoms with van der Waals surface area (Å²) in [5, 5.41) is 3.85. The predicted octanol–water partition coefficient (Wildman–Crippen LogP) is 4.11. The van der Waals surface area contributed by atoms with Crippen molar-refractivity contribution in [3.05, 3.63) is 70.4 Å². The Morgan fingerprint density at radius 2 is 1.76 bits per heavy atom. The molecule has 0 aliphatic carbocycles. The van der Waals surface area contributed by atoms with Gasteiger partial charge in [0.05, 0.1) is 12.8 Å². The van der Waals surface area contributed by atoms with Crippen LogP contribution in [0.2, 0.25) is 0 Å². The molecular formula is C19H16F2N2O4S2. The average Bonchev–Trinajstić information content (AvgIpc) is 3.21. The van der Waals surface area contributed by atoms with Gasteiger partial charge in [-0.2, -0.15) is 0 Å². The number of benzene rings is 2. The van der Waals surface area contributed by atoms with E-state index >= 15 is 0 Å². The van der Waals surface area contributed by atoms with Crippen molar-refractivity contribution in [2.24, 2.45) is 0 Å². The number of anilines is 2. The highest BCUT2D eigenvalue weighted by Gasteiger charge is 2.28. The zero-order valence-corrected chi connectivity index (χ0v) is 17.0. The molecule has 0 aliphatic rings. The molecule has 1 amide bonds. The average molecular weight is 438 g/mol. The molecule has 3 aromatic rings. The maximum absolute atomic E-state index is 13.4. The second kappa shape index (κ2) is 8.18. The number of amides is 1. The number of nitrogens with one attached hydrogen (secondary N) is 1.